The molecule has 0 N–H and O–H groups in total. The van der Waals surface area contributed by atoms with Crippen LogP contribution < -0.4 is 5.69 Å². The van der Waals surface area contributed by atoms with Crippen molar-refractivity contribution in [3.8, 4) is 11.3 Å². The molecular weight excluding hydrogens is 257 g/mol. The molecule has 0 aliphatic carbocycles. The molecule has 0 bridgehead atoms. The van der Waals surface area contributed by atoms with Crippen LogP contribution in [0.5, 0.6) is 0 Å². The lowest BCUT2D eigenvalue weighted by atomic mass is 10.1. The lowest BCUT2D eigenvalue weighted by molar-refractivity contribution is -0.137. The summed E-state index contributed by atoms with van der Waals surface area (Å²) in [7, 11) is 1.53. The molecule has 0 aliphatic heterocycles. The molecule has 0 amide bonds. The zero-order valence-electron chi connectivity index (χ0n) is 10.3. The highest BCUT2D eigenvalue weighted by Gasteiger charge is 2.30. The van der Waals surface area contributed by atoms with Crippen molar-refractivity contribution in [2.45, 2.75) is 13.1 Å². The minimum absolute atomic E-state index is 0.435. The van der Waals surface area contributed by atoms with Crippen molar-refractivity contribution >= 4 is 0 Å². The molecule has 0 unspecified atom stereocenters. The highest BCUT2D eigenvalue weighted by atomic mass is 19.4. The van der Waals surface area contributed by atoms with Crippen molar-refractivity contribution in [3.05, 3.63) is 52.1 Å². The van der Waals surface area contributed by atoms with E-state index in [1.807, 2.05) is 0 Å². The topological polar surface area (TPSA) is 34.9 Å². The van der Waals surface area contributed by atoms with Gasteiger partial charge in [0.2, 0.25) is 0 Å². The molecule has 0 fully saturated rings. The van der Waals surface area contributed by atoms with Gasteiger partial charge in [-0.05, 0) is 30.7 Å². The summed E-state index contributed by atoms with van der Waals surface area (Å²) in [6.45, 7) is 1.66. The molecule has 2 aromatic rings. The molecule has 100 valence electrons. The number of halogens is 3. The summed E-state index contributed by atoms with van der Waals surface area (Å²) in [6.07, 6.45) is -4.36. The highest BCUT2D eigenvalue weighted by Crippen LogP contribution is 2.30. The molecule has 6 heteroatoms. The van der Waals surface area contributed by atoms with Gasteiger partial charge in [-0.25, -0.2) is 4.79 Å². The van der Waals surface area contributed by atoms with Gasteiger partial charge >= 0.3 is 11.9 Å². The lowest BCUT2D eigenvalue weighted by Gasteiger charge is -2.10. The quantitative estimate of drug-likeness (QED) is 0.797. The standard InChI is InChI=1S/C13H11F3N2O/c1-8-7-11(18(2)12(19)17-8)9-3-5-10(6-4-9)13(14,15)16/h3-7H,1-2H3. The van der Waals surface area contributed by atoms with E-state index in [1.54, 1.807) is 13.0 Å². The summed E-state index contributed by atoms with van der Waals surface area (Å²) >= 11 is 0. The van der Waals surface area contributed by atoms with E-state index in [2.05, 4.69) is 4.98 Å². The highest BCUT2D eigenvalue weighted by molar-refractivity contribution is 5.60. The molecule has 0 saturated heterocycles. The maximum atomic E-state index is 12.5. The van der Waals surface area contributed by atoms with Gasteiger partial charge in [0.05, 0.1) is 11.3 Å². The number of alkyl halides is 3. The van der Waals surface area contributed by atoms with Gasteiger partial charge < -0.3 is 0 Å². The smallest absolute Gasteiger partial charge is 0.295 e. The van der Waals surface area contributed by atoms with Crippen molar-refractivity contribution in [1.29, 1.82) is 0 Å². The van der Waals surface area contributed by atoms with Gasteiger partial charge in [0.15, 0.2) is 0 Å². The fourth-order valence-corrected chi connectivity index (χ4v) is 1.76. The fraction of sp³-hybridized carbons (Fsp3) is 0.231. The predicted octanol–water partition coefficient (Wildman–Crippen LogP) is 2.77. The molecule has 3 nitrogen and oxygen atoms in total. The van der Waals surface area contributed by atoms with Crippen LogP contribution in [0.15, 0.2) is 35.1 Å². The maximum Gasteiger partial charge on any atom is 0.416 e. The van der Waals surface area contributed by atoms with Gasteiger partial charge in [0.1, 0.15) is 0 Å². The van der Waals surface area contributed by atoms with E-state index in [1.165, 1.54) is 23.7 Å². The van der Waals surface area contributed by atoms with E-state index >= 15 is 0 Å². The SMILES string of the molecule is Cc1cc(-c2ccc(C(F)(F)F)cc2)n(C)c(=O)n1. The van der Waals surface area contributed by atoms with Crippen LogP contribution in [-0.2, 0) is 13.2 Å². The summed E-state index contributed by atoms with van der Waals surface area (Å²) in [6, 6.07) is 6.34. The van der Waals surface area contributed by atoms with Crippen molar-refractivity contribution in [2.24, 2.45) is 7.05 Å². The Morgan fingerprint density at radius 3 is 2.26 bits per heavy atom. The average molecular weight is 268 g/mol. The van der Waals surface area contributed by atoms with Gasteiger partial charge in [-0.3, -0.25) is 4.57 Å². The lowest BCUT2D eigenvalue weighted by Crippen LogP contribution is -2.22. The van der Waals surface area contributed by atoms with Gasteiger partial charge in [0.25, 0.3) is 0 Å². The Morgan fingerprint density at radius 2 is 1.74 bits per heavy atom. The number of rotatable bonds is 1. The van der Waals surface area contributed by atoms with E-state index in [0.717, 1.165) is 12.1 Å². The average Bonchev–Trinajstić information content (AvgIpc) is 2.33. The number of aromatic nitrogens is 2. The third-order valence-electron chi connectivity index (χ3n) is 2.77. The Labute approximate surface area is 107 Å². The van der Waals surface area contributed by atoms with E-state index in [-0.39, 0.29) is 0 Å². The van der Waals surface area contributed by atoms with Crippen molar-refractivity contribution in [1.82, 2.24) is 9.55 Å². The Balaban J connectivity index is 2.52. The molecule has 0 atom stereocenters. The number of hydrogen-bond donors (Lipinski definition) is 0. The zero-order chi connectivity index (χ0) is 14.2. The van der Waals surface area contributed by atoms with E-state index < -0.39 is 17.4 Å². The molecule has 1 aromatic heterocycles. The Bertz CT molecular complexity index is 657. The van der Waals surface area contributed by atoms with Gasteiger partial charge in [-0.1, -0.05) is 12.1 Å². The molecule has 0 aliphatic rings. The van der Waals surface area contributed by atoms with Crippen LogP contribution in [0.3, 0.4) is 0 Å². The van der Waals surface area contributed by atoms with Crippen LogP contribution in [-0.4, -0.2) is 9.55 Å². The summed E-state index contributed by atoms with van der Waals surface area (Å²) in [5.74, 6) is 0. The van der Waals surface area contributed by atoms with Crippen LogP contribution in [0.2, 0.25) is 0 Å². The van der Waals surface area contributed by atoms with Crippen LogP contribution in [0, 0.1) is 6.92 Å². The van der Waals surface area contributed by atoms with E-state index in [9.17, 15) is 18.0 Å². The van der Waals surface area contributed by atoms with Crippen LogP contribution in [0.25, 0.3) is 11.3 Å². The molecule has 0 saturated carbocycles. The predicted molar refractivity (Wildman–Crippen MR) is 64.7 cm³/mol. The maximum absolute atomic E-state index is 12.5. The molecular formula is C13H11F3N2O. The van der Waals surface area contributed by atoms with Crippen LogP contribution in [0.1, 0.15) is 11.3 Å². The first-order chi connectivity index (χ1) is 8.79. The van der Waals surface area contributed by atoms with E-state index in [0.29, 0.717) is 17.0 Å². The monoisotopic (exact) mass is 268 g/mol. The zero-order valence-corrected chi connectivity index (χ0v) is 10.3. The first kappa shape index (κ1) is 13.3. The van der Waals surface area contributed by atoms with Crippen molar-refractivity contribution in [2.75, 3.05) is 0 Å². The fourth-order valence-electron chi connectivity index (χ4n) is 1.76. The Morgan fingerprint density at radius 1 is 1.16 bits per heavy atom. The second-order valence-electron chi connectivity index (χ2n) is 4.20. The summed E-state index contributed by atoms with van der Waals surface area (Å²) in [4.78, 5) is 15.3. The molecule has 1 aromatic carbocycles. The number of aryl methyl sites for hydroxylation is 1. The molecule has 0 radical (unpaired) electrons. The molecule has 0 spiro atoms. The second-order valence-corrected chi connectivity index (χ2v) is 4.20. The largest absolute Gasteiger partial charge is 0.416 e. The number of hydrogen-bond acceptors (Lipinski definition) is 2. The molecule has 19 heavy (non-hydrogen) atoms. The first-order valence-electron chi connectivity index (χ1n) is 5.51. The Hall–Kier alpha value is -2.11. The summed E-state index contributed by atoms with van der Waals surface area (Å²) in [5.41, 5.74) is 0.448. The summed E-state index contributed by atoms with van der Waals surface area (Å²) in [5, 5.41) is 0. The van der Waals surface area contributed by atoms with Crippen LogP contribution >= 0.6 is 0 Å². The molecule has 1 heterocycles. The van der Waals surface area contributed by atoms with Crippen molar-refractivity contribution < 1.29 is 13.2 Å². The second kappa shape index (κ2) is 4.53. The summed E-state index contributed by atoms with van der Waals surface area (Å²) < 4.78 is 38.7. The third kappa shape index (κ3) is 2.67. The van der Waals surface area contributed by atoms with E-state index in [4.69, 9.17) is 0 Å². The van der Waals surface area contributed by atoms with Gasteiger partial charge in [-0.2, -0.15) is 18.2 Å². The number of nitrogens with zero attached hydrogens (tertiary/aromatic N) is 2. The van der Waals surface area contributed by atoms with Gasteiger partial charge in [0, 0.05) is 12.7 Å². The number of benzene rings is 1. The van der Waals surface area contributed by atoms with Gasteiger partial charge in [-0.15, -0.1) is 0 Å². The molecule has 2 rings (SSSR count). The van der Waals surface area contributed by atoms with Crippen LogP contribution in [0.4, 0.5) is 13.2 Å². The minimum atomic E-state index is -4.36. The normalized spacial score (nSPS) is 11.6. The van der Waals surface area contributed by atoms with Crippen molar-refractivity contribution in [3.63, 3.8) is 0 Å². The Kier molecular flexibility index (Phi) is 3.18. The third-order valence-corrected chi connectivity index (χ3v) is 2.77. The first-order valence-corrected chi connectivity index (χ1v) is 5.51. The minimum Gasteiger partial charge on any atom is -0.295 e.